The van der Waals surface area contributed by atoms with Gasteiger partial charge in [0.1, 0.15) is 17.8 Å². The average Bonchev–Trinajstić information content (AvgIpc) is 3.04. The maximum absolute atomic E-state index is 11.9. The highest BCUT2D eigenvalue weighted by Crippen LogP contribution is 2.02. The second-order valence-corrected chi connectivity index (χ2v) is 3.97. The highest BCUT2D eigenvalue weighted by Gasteiger charge is 2.08. The summed E-state index contributed by atoms with van der Waals surface area (Å²) in [5, 5.41) is 9.47. The van der Waals surface area contributed by atoms with E-state index in [0.29, 0.717) is 12.2 Å². The van der Waals surface area contributed by atoms with Gasteiger partial charge in [0.2, 0.25) is 0 Å². The Morgan fingerprint density at radius 2 is 2.44 bits per heavy atom. The Labute approximate surface area is 105 Å². The molecular formula is C12H17N5O. The summed E-state index contributed by atoms with van der Waals surface area (Å²) in [6.45, 7) is 3.45. The van der Waals surface area contributed by atoms with Crippen molar-refractivity contribution in [2.75, 3.05) is 6.54 Å². The number of nitrogens with one attached hydrogen (secondary N) is 2. The topological polar surface area (TPSA) is 75.6 Å². The van der Waals surface area contributed by atoms with Crippen LogP contribution in [0.5, 0.6) is 0 Å². The molecule has 0 atom stereocenters. The number of aromatic nitrogens is 4. The summed E-state index contributed by atoms with van der Waals surface area (Å²) in [6, 6.07) is 3.71. The van der Waals surface area contributed by atoms with E-state index in [0.717, 1.165) is 25.2 Å². The first-order chi connectivity index (χ1) is 8.81. The molecule has 0 radical (unpaired) electrons. The van der Waals surface area contributed by atoms with Crippen LogP contribution in [0, 0.1) is 0 Å². The Kier molecular flexibility index (Phi) is 4.11. The number of amides is 1. The van der Waals surface area contributed by atoms with Gasteiger partial charge in [-0.15, -0.1) is 0 Å². The standard InChI is InChI=1S/C12H17N5O/c1-2-17-8-4-5-10(17)12(18)13-7-3-6-11-14-9-15-16-11/h4-5,8-9H,2-3,6-7H2,1H3,(H,13,18)(H,14,15,16). The van der Waals surface area contributed by atoms with Crippen LogP contribution in [0.25, 0.3) is 0 Å². The molecule has 0 spiro atoms. The summed E-state index contributed by atoms with van der Waals surface area (Å²) >= 11 is 0. The van der Waals surface area contributed by atoms with Gasteiger partial charge in [-0.3, -0.25) is 9.89 Å². The van der Waals surface area contributed by atoms with Gasteiger partial charge >= 0.3 is 0 Å². The Morgan fingerprint density at radius 1 is 1.56 bits per heavy atom. The molecule has 1 amide bonds. The number of aromatic amines is 1. The molecule has 18 heavy (non-hydrogen) atoms. The third-order valence-corrected chi connectivity index (χ3v) is 2.74. The van der Waals surface area contributed by atoms with Crippen molar-refractivity contribution in [3.8, 4) is 0 Å². The van der Waals surface area contributed by atoms with Gasteiger partial charge in [0.25, 0.3) is 5.91 Å². The summed E-state index contributed by atoms with van der Waals surface area (Å²) in [4.78, 5) is 15.9. The van der Waals surface area contributed by atoms with E-state index < -0.39 is 0 Å². The van der Waals surface area contributed by atoms with Crippen LogP contribution in [0.4, 0.5) is 0 Å². The number of hydrogen-bond acceptors (Lipinski definition) is 3. The van der Waals surface area contributed by atoms with Crippen molar-refractivity contribution in [1.82, 2.24) is 25.1 Å². The van der Waals surface area contributed by atoms with E-state index in [1.165, 1.54) is 6.33 Å². The Balaban J connectivity index is 1.75. The predicted molar refractivity (Wildman–Crippen MR) is 67.1 cm³/mol. The van der Waals surface area contributed by atoms with Gasteiger partial charge in [-0.05, 0) is 25.5 Å². The molecule has 2 heterocycles. The molecule has 2 aromatic rings. The van der Waals surface area contributed by atoms with E-state index in [9.17, 15) is 4.79 Å². The van der Waals surface area contributed by atoms with E-state index in [1.54, 1.807) is 0 Å². The minimum atomic E-state index is -0.0283. The Morgan fingerprint density at radius 3 is 3.17 bits per heavy atom. The van der Waals surface area contributed by atoms with E-state index in [-0.39, 0.29) is 5.91 Å². The van der Waals surface area contributed by atoms with Crippen molar-refractivity contribution >= 4 is 5.91 Å². The first kappa shape index (κ1) is 12.3. The predicted octanol–water partition coefficient (Wildman–Crippen LogP) is 0.989. The fourth-order valence-electron chi connectivity index (χ4n) is 1.80. The van der Waals surface area contributed by atoms with Crippen molar-refractivity contribution in [3.63, 3.8) is 0 Å². The number of nitrogens with zero attached hydrogens (tertiary/aromatic N) is 3. The van der Waals surface area contributed by atoms with Crippen molar-refractivity contribution in [3.05, 3.63) is 36.2 Å². The highest BCUT2D eigenvalue weighted by molar-refractivity contribution is 5.92. The average molecular weight is 247 g/mol. The molecule has 0 unspecified atom stereocenters. The summed E-state index contributed by atoms with van der Waals surface area (Å²) in [5.74, 6) is 0.820. The monoisotopic (exact) mass is 247 g/mol. The van der Waals surface area contributed by atoms with E-state index >= 15 is 0 Å². The van der Waals surface area contributed by atoms with Crippen molar-refractivity contribution in [2.45, 2.75) is 26.3 Å². The van der Waals surface area contributed by atoms with E-state index in [4.69, 9.17) is 0 Å². The van der Waals surface area contributed by atoms with Crippen LogP contribution in [-0.2, 0) is 13.0 Å². The largest absolute Gasteiger partial charge is 0.351 e. The van der Waals surface area contributed by atoms with Crippen LogP contribution >= 0.6 is 0 Å². The molecule has 0 bridgehead atoms. The first-order valence-corrected chi connectivity index (χ1v) is 6.09. The zero-order chi connectivity index (χ0) is 12.8. The van der Waals surface area contributed by atoms with Gasteiger partial charge in [-0.1, -0.05) is 0 Å². The number of aryl methyl sites for hydroxylation is 2. The number of H-pyrrole nitrogens is 1. The van der Waals surface area contributed by atoms with Gasteiger partial charge in [0.15, 0.2) is 0 Å². The van der Waals surface area contributed by atoms with Crippen molar-refractivity contribution in [2.24, 2.45) is 0 Å². The van der Waals surface area contributed by atoms with Crippen LogP contribution in [-0.4, -0.2) is 32.2 Å². The Hall–Kier alpha value is -2.11. The van der Waals surface area contributed by atoms with Gasteiger partial charge < -0.3 is 9.88 Å². The lowest BCUT2D eigenvalue weighted by atomic mass is 10.3. The van der Waals surface area contributed by atoms with Crippen LogP contribution < -0.4 is 5.32 Å². The number of hydrogen-bond donors (Lipinski definition) is 2. The molecule has 0 fully saturated rings. The zero-order valence-electron chi connectivity index (χ0n) is 10.4. The molecule has 2 aromatic heterocycles. The van der Waals surface area contributed by atoms with Crippen molar-refractivity contribution in [1.29, 1.82) is 0 Å². The molecule has 2 N–H and O–H groups in total. The number of rotatable bonds is 6. The Bertz CT molecular complexity index is 488. The lowest BCUT2D eigenvalue weighted by Crippen LogP contribution is -2.27. The molecule has 2 rings (SSSR count). The van der Waals surface area contributed by atoms with Crippen LogP contribution in [0.15, 0.2) is 24.7 Å². The van der Waals surface area contributed by atoms with Crippen LogP contribution in [0.1, 0.15) is 29.7 Å². The highest BCUT2D eigenvalue weighted by atomic mass is 16.1. The summed E-state index contributed by atoms with van der Waals surface area (Å²) in [6.07, 6.45) is 5.02. The molecule has 0 saturated carbocycles. The van der Waals surface area contributed by atoms with Gasteiger partial charge in [0.05, 0.1) is 0 Å². The van der Waals surface area contributed by atoms with Crippen LogP contribution in [0.3, 0.4) is 0 Å². The van der Waals surface area contributed by atoms with E-state index in [1.807, 2.05) is 29.8 Å². The van der Waals surface area contributed by atoms with E-state index in [2.05, 4.69) is 20.5 Å². The third kappa shape index (κ3) is 2.97. The molecule has 96 valence electrons. The zero-order valence-corrected chi connectivity index (χ0v) is 10.4. The molecular weight excluding hydrogens is 230 g/mol. The number of carbonyl (C=O) groups excluding carboxylic acids is 1. The molecule has 0 saturated heterocycles. The van der Waals surface area contributed by atoms with Gasteiger partial charge in [-0.2, -0.15) is 5.10 Å². The molecule has 0 aliphatic heterocycles. The maximum atomic E-state index is 11.9. The maximum Gasteiger partial charge on any atom is 0.267 e. The minimum absolute atomic E-state index is 0.0283. The molecule has 6 nitrogen and oxygen atoms in total. The fraction of sp³-hybridized carbons (Fsp3) is 0.417. The SMILES string of the molecule is CCn1cccc1C(=O)NCCCc1ncn[nH]1. The summed E-state index contributed by atoms with van der Waals surface area (Å²) in [7, 11) is 0. The lowest BCUT2D eigenvalue weighted by molar-refractivity contribution is 0.0944. The van der Waals surface area contributed by atoms with Gasteiger partial charge in [0, 0.05) is 25.7 Å². The lowest BCUT2D eigenvalue weighted by Gasteiger charge is -2.07. The fourth-order valence-corrected chi connectivity index (χ4v) is 1.80. The normalized spacial score (nSPS) is 10.5. The molecule has 0 aromatic carbocycles. The second-order valence-electron chi connectivity index (χ2n) is 3.97. The summed E-state index contributed by atoms with van der Waals surface area (Å²) in [5.41, 5.74) is 0.706. The first-order valence-electron chi connectivity index (χ1n) is 6.09. The quantitative estimate of drug-likeness (QED) is 0.747. The second kappa shape index (κ2) is 6.00. The molecule has 0 aliphatic carbocycles. The molecule has 6 heteroatoms. The third-order valence-electron chi connectivity index (χ3n) is 2.74. The smallest absolute Gasteiger partial charge is 0.267 e. The summed E-state index contributed by atoms with van der Waals surface area (Å²) < 4.78 is 1.92. The number of carbonyl (C=O) groups is 1. The minimum Gasteiger partial charge on any atom is -0.351 e. The molecule has 0 aliphatic rings. The van der Waals surface area contributed by atoms with Crippen LogP contribution in [0.2, 0.25) is 0 Å². The van der Waals surface area contributed by atoms with Crippen molar-refractivity contribution < 1.29 is 4.79 Å². The van der Waals surface area contributed by atoms with Gasteiger partial charge in [-0.25, -0.2) is 4.98 Å².